The molecule has 2 rings (SSSR count). The number of nitrogens with zero attached hydrogens (tertiary/aromatic N) is 2. The molecule has 16 heavy (non-hydrogen) atoms. The van der Waals surface area contributed by atoms with Crippen LogP contribution in [-0.4, -0.2) is 41.6 Å². The van der Waals surface area contributed by atoms with Gasteiger partial charge in [-0.2, -0.15) is 0 Å². The number of nitrogens with one attached hydrogen (secondary N) is 1. The third-order valence-electron chi connectivity index (χ3n) is 3.04. The van der Waals surface area contributed by atoms with Crippen molar-refractivity contribution in [3.05, 3.63) is 11.3 Å². The molecule has 5 heteroatoms. The molecule has 5 nitrogen and oxygen atoms in total. The fraction of sp³-hybridized carbons (Fsp3) is 0.545. The summed E-state index contributed by atoms with van der Waals surface area (Å²) in [5, 5.41) is 2.79. The van der Waals surface area contributed by atoms with Crippen LogP contribution in [0.25, 0.3) is 0 Å². The van der Waals surface area contributed by atoms with E-state index < -0.39 is 0 Å². The van der Waals surface area contributed by atoms with E-state index in [9.17, 15) is 9.59 Å². The number of carbonyl (C=O) groups is 2. The fourth-order valence-electron chi connectivity index (χ4n) is 2.14. The maximum absolute atomic E-state index is 11.4. The Morgan fingerprint density at radius 3 is 2.81 bits per heavy atom. The predicted molar refractivity (Wildman–Crippen MR) is 60.0 cm³/mol. The van der Waals surface area contributed by atoms with E-state index in [0.29, 0.717) is 13.1 Å². The summed E-state index contributed by atoms with van der Waals surface area (Å²) < 4.78 is 0. The second-order valence-electron chi connectivity index (χ2n) is 4.18. The van der Waals surface area contributed by atoms with Crippen LogP contribution in [-0.2, 0) is 9.59 Å². The summed E-state index contributed by atoms with van der Waals surface area (Å²) in [5.41, 5.74) is 1.95. The van der Waals surface area contributed by atoms with E-state index in [2.05, 4.69) is 10.3 Å². The van der Waals surface area contributed by atoms with Crippen molar-refractivity contribution in [1.29, 1.82) is 0 Å². The molecule has 1 amide bonds. The number of amidine groups is 1. The zero-order valence-corrected chi connectivity index (χ0v) is 9.70. The third-order valence-corrected chi connectivity index (χ3v) is 3.04. The molecule has 0 radical (unpaired) electrons. The summed E-state index contributed by atoms with van der Waals surface area (Å²) >= 11 is 0. The summed E-state index contributed by atoms with van der Waals surface area (Å²) in [6, 6.07) is -0.374. The average Bonchev–Trinajstić information content (AvgIpc) is 2.22. The van der Waals surface area contributed by atoms with Gasteiger partial charge in [0.1, 0.15) is 18.4 Å². The van der Waals surface area contributed by atoms with Gasteiger partial charge in [0.15, 0.2) is 5.78 Å². The van der Waals surface area contributed by atoms with Gasteiger partial charge < -0.3 is 10.2 Å². The highest BCUT2D eigenvalue weighted by atomic mass is 16.2. The summed E-state index contributed by atoms with van der Waals surface area (Å²) in [4.78, 5) is 29.0. The number of piperazine rings is 1. The molecule has 1 saturated heterocycles. The highest BCUT2D eigenvalue weighted by Gasteiger charge is 2.31. The molecule has 1 N–H and O–H groups in total. The molecule has 1 fully saturated rings. The van der Waals surface area contributed by atoms with Crippen molar-refractivity contribution in [3.63, 3.8) is 0 Å². The van der Waals surface area contributed by atoms with Crippen molar-refractivity contribution in [2.45, 2.75) is 26.8 Å². The van der Waals surface area contributed by atoms with Crippen molar-refractivity contribution in [1.82, 2.24) is 10.2 Å². The molecule has 0 unspecified atom stereocenters. The number of carbonyl (C=O) groups excluding carboxylic acids is 2. The Balaban J connectivity index is 2.39. The van der Waals surface area contributed by atoms with Crippen LogP contribution in [0.4, 0.5) is 0 Å². The predicted octanol–water partition coefficient (Wildman–Crippen LogP) is 0.0818. The van der Waals surface area contributed by atoms with Crippen LogP contribution in [0.1, 0.15) is 20.8 Å². The SMILES string of the molecule is CC(=O)[C@@H]1N=C(C)N2CC(=O)NCC2=C1C. The summed E-state index contributed by atoms with van der Waals surface area (Å²) in [6.07, 6.45) is 0. The highest BCUT2D eigenvalue weighted by molar-refractivity contribution is 5.95. The van der Waals surface area contributed by atoms with E-state index in [1.807, 2.05) is 18.7 Å². The molecule has 1 atom stereocenters. The van der Waals surface area contributed by atoms with Crippen molar-refractivity contribution in [3.8, 4) is 0 Å². The summed E-state index contributed by atoms with van der Waals surface area (Å²) in [5.74, 6) is 0.781. The minimum Gasteiger partial charge on any atom is -0.349 e. The first-order valence-corrected chi connectivity index (χ1v) is 5.29. The van der Waals surface area contributed by atoms with Gasteiger partial charge in [-0.15, -0.1) is 0 Å². The number of fused-ring (bicyclic) bond motifs is 1. The lowest BCUT2D eigenvalue weighted by Gasteiger charge is -2.37. The number of rotatable bonds is 1. The molecule has 0 aromatic rings. The molecule has 86 valence electrons. The lowest BCUT2D eigenvalue weighted by atomic mass is 9.99. The molecule has 0 aromatic carbocycles. The largest absolute Gasteiger partial charge is 0.349 e. The van der Waals surface area contributed by atoms with Gasteiger partial charge in [0.05, 0.1) is 6.54 Å². The number of ketones is 1. The van der Waals surface area contributed by atoms with Crippen molar-refractivity contribution >= 4 is 17.5 Å². The first-order chi connectivity index (χ1) is 7.50. The minimum atomic E-state index is -0.374. The lowest BCUT2D eigenvalue weighted by molar-refractivity contribution is -0.122. The molecule has 0 bridgehead atoms. The molecule has 0 spiro atoms. The van der Waals surface area contributed by atoms with Gasteiger partial charge >= 0.3 is 0 Å². The van der Waals surface area contributed by atoms with Gasteiger partial charge in [-0.3, -0.25) is 14.6 Å². The molecule has 2 aliphatic rings. The molecular weight excluding hydrogens is 206 g/mol. The maximum Gasteiger partial charge on any atom is 0.240 e. The zero-order valence-electron chi connectivity index (χ0n) is 9.70. The Kier molecular flexibility index (Phi) is 2.53. The Morgan fingerprint density at radius 1 is 1.50 bits per heavy atom. The smallest absolute Gasteiger partial charge is 0.240 e. The second-order valence-corrected chi connectivity index (χ2v) is 4.18. The average molecular weight is 221 g/mol. The van der Waals surface area contributed by atoms with Crippen LogP contribution in [0, 0.1) is 0 Å². The molecule has 0 saturated carbocycles. The number of hydrogen-bond acceptors (Lipinski definition) is 4. The van der Waals surface area contributed by atoms with Crippen LogP contribution in [0.15, 0.2) is 16.3 Å². The molecular formula is C11H15N3O2. The van der Waals surface area contributed by atoms with Gasteiger partial charge in [-0.25, -0.2) is 0 Å². The van der Waals surface area contributed by atoms with Crippen LogP contribution >= 0.6 is 0 Å². The van der Waals surface area contributed by atoms with Crippen molar-refractivity contribution < 1.29 is 9.59 Å². The van der Waals surface area contributed by atoms with Crippen molar-refractivity contribution in [2.75, 3.05) is 13.1 Å². The minimum absolute atomic E-state index is 0.00706. The molecule has 2 heterocycles. The maximum atomic E-state index is 11.4. The van der Waals surface area contributed by atoms with Gasteiger partial charge in [-0.05, 0) is 26.3 Å². The number of amides is 1. The van der Waals surface area contributed by atoms with E-state index in [1.165, 1.54) is 0 Å². The fourth-order valence-corrected chi connectivity index (χ4v) is 2.14. The standard InChI is InChI=1S/C11H15N3O2/c1-6-9-4-12-10(16)5-14(9)8(3)13-11(6)7(2)15/h11H,4-5H2,1-3H3,(H,12,16)/t11-/m1/s1. The van der Waals surface area contributed by atoms with Gasteiger partial charge in [0.2, 0.25) is 5.91 Å². The van der Waals surface area contributed by atoms with Gasteiger partial charge in [-0.1, -0.05) is 0 Å². The number of Topliss-reactive ketones (excluding diaryl/α,β-unsaturated/α-hetero) is 1. The Bertz CT molecular complexity index is 423. The van der Waals surface area contributed by atoms with Gasteiger partial charge in [0.25, 0.3) is 0 Å². The Labute approximate surface area is 94.2 Å². The first-order valence-electron chi connectivity index (χ1n) is 5.29. The summed E-state index contributed by atoms with van der Waals surface area (Å²) in [7, 11) is 0. The van der Waals surface area contributed by atoms with Crippen LogP contribution in [0.2, 0.25) is 0 Å². The Hall–Kier alpha value is -1.65. The van der Waals surface area contributed by atoms with E-state index in [-0.39, 0.29) is 17.7 Å². The first kappa shape index (κ1) is 10.9. The number of hydrogen-bond donors (Lipinski definition) is 1. The molecule has 2 aliphatic heterocycles. The van der Waals surface area contributed by atoms with Gasteiger partial charge in [0, 0.05) is 5.70 Å². The second kappa shape index (κ2) is 3.73. The van der Waals surface area contributed by atoms with E-state index >= 15 is 0 Å². The highest BCUT2D eigenvalue weighted by Crippen LogP contribution is 2.24. The zero-order chi connectivity index (χ0) is 11.9. The van der Waals surface area contributed by atoms with Crippen LogP contribution in [0.5, 0.6) is 0 Å². The number of aliphatic imine (C=N–C) groups is 1. The molecule has 0 aromatic heterocycles. The normalized spacial score (nSPS) is 24.9. The monoisotopic (exact) mass is 221 g/mol. The van der Waals surface area contributed by atoms with E-state index in [1.54, 1.807) is 6.92 Å². The van der Waals surface area contributed by atoms with Crippen molar-refractivity contribution in [2.24, 2.45) is 4.99 Å². The third kappa shape index (κ3) is 1.62. The van der Waals surface area contributed by atoms with Crippen LogP contribution < -0.4 is 5.32 Å². The van der Waals surface area contributed by atoms with E-state index in [0.717, 1.165) is 17.1 Å². The van der Waals surface area contributed by atoms with E-state index in [4.69, 9.17) is 0 Å². The molecule has 0 aliphatic carbocycles. The topological polar surface area (TPSA) is 61.8 Å². The Morgan fingerprint density at radius 2 is 2.19 bits per heavy atom. The lowest BCUT2D eigenvalue weighted by Crippen LogP contribution is -2.51. The summed E-state index contributed by atoms with van der Waals surface area (Å²) in [6.45, 7) is 6.07. The van der Waals surface area contributed by atoms with Crippen LogP contribution in [0.3, 0.4) is 0 Å². The quantitative estimate of drug-likeness (QED) is 0.682.